The second-order valence-corrected chi connectivity index (χ2v) is 3.07. The predicted molar refractivity (Wildman–Crippen MR) is 37.5 cm³/mol. The first-order valence-electron chi connectivity index (χ1n) is 3.57. The van der Waals surface area contributed by atoms with Crippen molar-refractivity contribution in [2.45, 2.75) is 20.0 Å². The number of carbonyl (C=O) groups excluding carboxylic acids is 2. The van der Waals surface area contributed by atoms with E-state index in [1.54, 1.807) is 13.8 Å². The molecule has 1 aliphatic rings. The lowest BCUT2D eigenvalue weighted by atomic mass is 9.92. The quantitative estimate of drug-likeness (QED) is 0.493. The number of hydrogen-bond acceptors (Lipinski definition) is 3. The van der Waals surface area contributed by atoms with Gasteiger partial charge in [0.1, 0.15) is 6.10 Å². The molecule has 1 saturated heterocycles. The van der Waals surface area contributed by atoms with Gasteiger partial charge in [0.25, 0.3) is 5.91 Å². The average Bonchev–Trinajstić information content (AvgIpc) is 2.07. The molecule has 1 rings (SSSR count). The van der Waals surface area contributed by atoms with Gasteiger partial charge >= 0.3 is 0 Å². The second kappa shape index (κ2) is 2.62. The highest BCUT2D eigenvalue weighted by molar-refractivity contribution is 6.06. The van der Waals surface area contributed by atoms with Gasteiger partial charge in [0.15, 0.2) is 0 Å². The number of rotatable bonds is 1. The van der Waals surface area contributed by atoms with Crippen molar-refractivity contribution < 1.29 is 14.7 Å². The lowest BCUT2D eigenvalue weighted by molar-refractivity contribution is -0.127. The highest BCUT2D eigenvalue weighted by Gasteiger charge is 2.41. The molecule has 11 heavy (non-hydrogen) atoms. The zero-order valence-electron chi connectivity index (χ0n) is 6.50. The number of aliphatic hydroxyl groups is 1. The molecule has 0 aliphatic carbocycles. The van der Waals surface area contributed by atoms with Gasteiger partial charge in [0.05, 0.1) is 5.92 Å². The number of amides is 2. The Balaban J connectivity index is 2.79. The van der Waals surface area contributed by atoms with Crippen molar-refractivity contribution in [3.63, 3.8) is 0 Å². The molecule has 2 unspecified atom stereocenters. The summed E-state index contributed by atoms with van der Waals surface area (Å²) in [7, 11) is 0. The molecular weight excluding hydrogens is 146 g/mol. The van der Waals surface area contributed by atoms with E-state index < -0.39 is 17.9 Å². The Morgan fingerprint density at radius 1 is 1.36 bits per heavy atom. The molecule has 1 aliphatic heterocycles. The summed E-state index contributed by atoms with van der Waals surface area (Å²) in [5, 5.41) is 11.2. The van der Waals surface area contributed by atoms with Gasteiger partial charge < -0.3 is 5.11 Å². The SMILES string of the molecule is CC(C)C1C(=O)NC(=O)C1O. The van der Waals surface area contributed by atoms with Gasteiger partial charge in [-0.1, -0.05) is 13.8 Å². The van der Waals surface area contributed by atoms with E-state index in [4.69, 9.17) is 5.11 Å². The van der Waals surface area contributed by atoms with Crippen molar-refractivity contribution in [1.29, 1.82) is 0 Å². The van der Waals surface area contributed by atoms with Crippen LogP contribution in [0.3, 0.4) is 0 Å². The zero-order chi connectivity index (χ0) is 8.59. The molecule has 2 atom stereocenters. The number of hydrogen-bond donors (Lipinski definition) is 2. The van der Waals surface area contributed by atoms with E-state index in [0.29, 0.717) is 0 Å². The molecule has 0 radical (unpaired) electrons. The number of nitrogens with one attached hydrogen (secondary N) is 1. The first-order chi connectivity index (χ1) is 5.04. The monoisotopic (exact) mass is 157 g/mol. The molecule has 0 aromatic heterocycles. The number of imide groups is 1. The molecule has 4 nitrogen and oxygen atoms in total. The molecule has 1 heterocycles. The molecule has 0 bridgehead atoms. The molecule has 0 aromatic rings. The summed E-state index contributed by atoms with van der Waals surface area (Å²) in [6, 6.07) is 0. The van der Waals surface area contributed by atoms with Crippen LogP contribution in [0, 0.1) is 11.8 Å². The minimum Gasteiger partial charge on any atom is -0.382 e. The lowest BCUT2D eigenvalue weighted by Gasteiger charge is -2.12. The fourth-order valence-corrected chi connectivity index (χ4v) is 1.25. The summed E-state index contributed by atoms with van der Waals surface area (Å²) < 4.78 is 0. The van der Waals surface area contributed by atoms with Gasteiger partial charge in [-0.3, -0.25) is 14.9 Å². The van der Waals surface area contributed by atoms with Gasteiger partial charge in [-0.2, -0.15) is 0 Å². The van der Waals surface area contributed by atoms with E-state index in [9.17, 15) is 9.59 Å². The average molecular weight is 157 g/mol. The van der Waals surface area contributed by atoms with Crippen molar-refractivity contribution in [3.8, 4) is 0 Å². The van der Waals surface area contributed by atoms with Crippen LogP contribution >= 0.6 is 0 Å². The fourth-order valence-electron chi connectivity index (χ4n) is 1.25. The zero-order valence-corrected chi connectivity index (χ0v) is 6.50. The van der Waals surface area contributed by atoms with Crippen molar-refractivity contribution in [2.24, 2.45) is 11.8 Å². The largest absolute Gasteiger partial charge is 0.382 e. The van der Waals surface area contributed by atoms with Crippen molar-refractivity contribution in [1.82, 2.24) is 5.32 Å². The van der Waals surface area contributed by atoms with Crippen LogP contribution in [0.15, 0.2) is 0 Å². The molecule has 0 aromatic carbocycles. The molecule has 2 amide bonds. The van der Waals surface area contributed by atoms with E-state index in [1.165, 1.54) is 0 Å². The van der Waals surface area contributed by atoms with Crippen LogP contribution in [0.25, 0.3) is 0 Å². The minimum absolute atomic E-state index is 0.00329. The molecular formula is C7H11NO3. The number of aliphatic hydroxyl groups excluding tert-OH is 1. The Labute approximate surface area is 64.6 Å². The Kier molecular flexibility index (Phi) is 1.95. The maximum absolute atomic E-state index is 10.9. The van der Waals surface area contributed by atoms with Crippen LogP contribution < -0.4 is 5.32 Å². The molecule has 0 spiro atoms. The van der Waals surface area contributed by atoms with Gasteiger partial charge in [-0.05, 0) is 5.92 Å². The summed E-state index contributed by atoms with van der Waals surface area (Å²) in [5.74, 6) is -1.51. The van der Waals surface area contributed by atoms with E-state index >= 15 is 0 Å². The van der Waals surface area contributed by atoms with Gasteiger partial charge in [-0.15, -0.1) is 0 Å². The van der Waals surface area contributed by atoms with Crippen molar-refractivity contribution >= 4 is 11.8 Å². The Bertz CT molecular complexity index is 200. The van der Waals surface area contributed by atoms with Gasteiger partial charge in [0.2, 0.25) is 5.91 Å². The van der Waals surface area contributed by atoms with Crippen LogP contribution in [-0.2, 0) is 9.59 Å². The van der Waals surface area contributed by atoms with Gasteiger partial charge in [-0.25, -0.2) is 0 Å². The van der Waals surface area contributed by atoms with Crippen molar-refractivity contribution in [2.75, 3.05) is 0 Å². The highest BCUT2D eigenvalue weighted by Crippen LogP contribution is 2.20. The maximum atomic E-state index is 10.9. The third-order valence-corrected chi connectivity index (χ3v) is 1.88. The van der Waals surface area contributed by atoms with E-state index in [2.05, 4.69) is 5.32 Å². The number of carbonyl (C=O) groups is 2. The lowest BCUT2D eigenvalue weighted by Crippen LogP contribution is -2.27. The predicted octanol–water partition coefficient (Wildman–Crippen LogP) is -0.724. The Morgan fingerprint density at radius 3 is 2.09 bits per heavy atom. The molecule has 4 heteroatoms. The fraction of sp³-hybridized carbons (Fsp3) is 0.714. The third kappa shape index (κ3) is 1.26. The molecule has 1 fully saturated rings. The second-order valence-electron chi connectivity index (χ2n) is 3.07. The van der Waals surface area contributed by atoms with Crippen LogP contribution in [0.5, 0.6) is 0 Å². The molecule has 0 saturated carbocycles. The first kappa shape index (κ1) is 8.20. The van der Waals surface area contributed by atoms with Crippen LogP contribution in [0.1, 0.15) is 13.8 Å². The Morgan fingerprint density at radius 2 is 1.91 bits per heavy atom. The van der Waals surface area contributed by atoms with E-state index in [0.717, 1.165) is 0 Å². The summed E-state index contributed by atoms with van der Waals surface area (Å²) in [4.78, 5) is 21.7. The summed E-state index contributed by atoms with van der Waals surface area (Å²) in [6.07, 6.45) is -1.15. The van der Waals surface area contributed by atoms with Gasteiger partial charge in [0, 0.05) is 0 Å². The Hall–Kier alpha value is -0.900. The van der Waals surface area contributed by atoms with Crippen LogP contribution in [-0.4, -0.2) is 23.0 Å². The summed E-state index contributed by atoms with van der Waals surface area (Å²) >= 11 is 0. The van der Waals surface area contributed by atoms with E-state index in [1.807, 2.05) is 0 Å². The van der Waals surface area contributed by atoms with E-state index in [-0.39, 0.29) is 11.8 Å². The first-order valence-corrected chi connectivity index (χ1v) is 3.57. The smallest absolute Gasteiger partial charge is 0.256 e. The highest BCUT2D eigenvalue weighted by atomic mass is 16.3. The molecule has 2 N–H and O–H groups in total. The van der Waals surface area contributed by atoms with Crippen molar-refractivity contribution in [3.05, 3.63) is 0 Å². The standard InChI is InChI=1S/C7H11NO3/c1-3(2)4-5(9)7(11)8-6(4)10/h3-5,9H,1-2H3,(H,8,10,11). The summed E-state index contributed by atoms with van der Waals surface area (Å²) in [5.41, 5.74) is 0. The van der Waals surface area contributed by atoms with Crippen LogP contribution in [0.2, 0.25) is 0 Å². The minimum atomic E-state index is -1.15. The summed E-state index contributed by atoms with van der Waals surface area (Å²) in [6.45, 7) is 3.60. The third-order valence-electron chi connectivity index (χ3n) is 1.88. The normalized spacial score (nSPS) is 31.3. The molecule has 62 valence electrons. The topological polar surface area (TPSA) is 66.4 Å². The van der Waals surface area contributed by atoms with Crippen LogP contribution in [0.4, 0.5) is 0 Å². The maximum Gasteiger partial charge on any atom is 0.256 e.